The quantitative estimate of drug-likeness (QED) is 0.817. The zero-order valence-electron chi connectivity index (χ0n) is 15.6. The van der Waals surface area contributed by atoms with Gasteiger partial charge >= 0.3 is 5.97 Å². The minimum absolute atomic E-state index is 0.293. The summed E-state index contributed by atoms with van der Waals surface area (Å²) in [4.78, 5) is 26.9. The molecule has 2 heterocycles. The van der Waals surface area contributed by atoms with Gasteiger partial charge in [-0.1, -0.05) is 31.0 Å². The van der Waals surface area contributed by atoms with Crippen LogP contribution >= 0.6 is 0 Å². The van der Waals surface area contributed by atoms with Crippen LogP contribution in [-0.2, 0) is 16.1 Å². The van der Waals surface area contributed by atoms with E-state index < -0.39 is 0 Å². The maximum Gasteiger partial charge on any atom is 0.342 e. The second kappa shape index (κ2) is 7.35. The van der Waals surface area contributed by atoms with Crippen molar-refractivity contribution < 1.29 is 18.7 Å². The molecule has 1 aliphatic carbocycles. The maximum absolute atomic E-state index is 12.6. The number of fused-ring (bicyclic) bond motifs is 2. The standard InChI is InChI=1S/C21H26N2O4/c1-2-26-21(25)19-14-8-4-6-10-17(14)27-18(19)12-23-15-9-5-3-7-13(15)11-16(23)20(22)24/h4,6,8,10,13,15-16H,2-3,5,7,9,11-12H2,1H3,(H2,22,24). The zero-order chi connectivity index (χ0) is 19.0. The second-order valence-corrected chi connectivity index (χ2v) is 7.55. The predicted octanol–water partition coefficient (Wildman–Crippen LogP) is 3.23. The third-order valence-corrected chi connectivity index (χ3v) is 6.02. The highest BCUT2D eigenvalue weighted by Gasteiger charge is 2.45. The molecule has 2 fully saturated rings. The van der Waals surface area contributed by atoms with Crippen molar-refractivity contribution in [1.29, 1.82) is 0 Å². The van der Waals surface area contributed by atoms with Crippen LogP contribution in [0.5, 0.6) is 0 Å². The molecule has 0 radical (unpaired) electrons. The second-order valence-electron chi connectivity index (χ2n) is 7.55. The number of hydrogen-bond acceptors (Lipinski definition) is 5. The summed E-state index contributed by atoms with van der Waals surface area (Å²) in [5, 5.41) is 0.751. The fourth-order valence-electron chi connectivity index (χ4n) is 4.86. The van der Waals surface area contributed by atoms with Gasteiger partial charge in [0.2, 0.25) is 5.91 Å². The van der Waals surface area contributed by atoms with Gasteiger partial charge in [-0.25, -0.2) is 4.79 Å². The average Bonchev–Trinajstić information content (AvgIpc) is 3.21. The first-order chi connectivity index (χ1) is 13.1. The van der Waals surface area contributed by atoms with Crippen molar-refractivity contribution in [2.24, 2.45) is 11.7 Å². The molecule has 144 valence electrons. The molecule has 6 nitrogen and oxygen atoms in total. The third kappa shape index (κ3) is 3.23. The number of primary amides is 1. The number of furan rings is 1. The molecule has 2 aromatic rings. The van der Waals surface area contributed by atoms with Gasteiger partial charge in [-0.3, -0.25) is 9.69 Å². The maximum atomic E-state index is 12.6. The number of para-hydroxylation sites is 1. The van der Waals surface area contributed by atoms with Gasteiger partial charge in [0, 0.05) is 11.4 Å². The Kier molecular flexibility index (Phi) is 4.91. The number of amides is 1. The zero-order valence-corrected chi connectivity index (χ0v) is 15.6. The van der Waals surface area contributed by atoms with Crippen LogP contribution in [0.2, 0.25) is 0 Å². The summed E-state index contributed by atoms with van der Waals surface area (Å²) in [6, 6.07) is 7.49. The van der Waals surface area contributed by atoms with Crippen molar-refractivity contribution in [3.8, 4) is 0 Å². The largest absolute Gasteiger partial charge is 0.462 e. The fourth-order valence-corrected chi connectivity index (χ4v) is 4.86. The Morgan fingerprint density at radius 2 is 2.04 bits per heavy atom. The number of nitrogens with two attached hydrogens (primary N) is 1. The van der Waals surface area contributed by atoms with Crippen molar-refractivity contribution in [3.63, 3.8) is 0 Å². The van der Waals surface area contributed by atoms with Gasteiger partial charge in [-0.05, 0) is 38.2 Å². The highest BCUT2D eigenvalue weighted by Crippen LogP contribution is 2.41. The Morgan fingerprint density at radius 3 is 2.81 bits per heavy atom. The van der Waals surface area contributed by atoms with Crippen molar-refractivity contribution in [1.82, 2.24) is 4.90 Å². The van der Waals surface area contributed by atoms with Crippen LogP contribution in [-0.4, -0.2) is 35.5 Å². The van der Waals surface area contributed by atoms with Crippen LogP contribution in [0.1, 0.15) is 55.1 Å². The summed E-state index contributed by atoms with van der Waals surface area (Å²) in [5.74, 6) is 0.379. The van der Waals surface area contributed by atoms with Gasteiger partial charge in [0.05, 0.1) is 19.2 Å². The lowest BCUT2D eigenvalue weighted by Gasteiger charge is -2.32. The molecule has 1 saturated heterocycles. The van der Waals surface area contributed by atoms with E-state index in [1.165, 1.54) is 6.42 Å². The summed E-state index contributed by atoms with van der Waals surface area (Å²) in [7, 11) is 0. The van der Waals surface area contributed by atoms with Gasteiger partial charge < -0.3 is 14.9 Å². The van der Waals surface area contributed by atoms with Gasteiger partial charge in [0.15, 0.2) is 0 Å². The number of ether oxygens (including phenoxy) is 1. The predicted molar refractivity (Wildman–Crippen MR) is 101 cm³/mol. The molecule has 1 saturated carbocycles. The highest BCUT2D eigenvalue weighted by molar-refractivity contribution is 6.04. The number of carbonyl (C=O) groups is 2. The molecule has 3 atom stereocenters. The lowest BCUT2D eigenvalue weighted by atomic mass is 9.84. The number of likely N-dealkylation sites (tertiary alicyclic amines) is 1. The minimum atomic E-state index is -0.382. The number of nitrogens with zero attached hydrogens (tertiary/aromatic N) is 1. The third-order valence-electron chi connectivity index (χ3n) is 6.02. The molecule has 4 rings (SSSR count). The van der Waals surface area contributed by atoms with Crippen LogP contribution in [0, 0.1) is 5.92 Å². The summed E-state index contributed by atoms with van der Waals surface area (Å²) in [6.45, 7) is 2.49. The Bertz CT molecular complexity index is 859. The van der Waals surface area contributed by atoms with E-state index in [1.54, 1.807) is 6.92 Å². The van der Waals surface area contributed by atoms with Crippen molar-refractivity contribution in [2.45, 2.75) is 57.7 Å². The molecule has 1 aromatic heterocycles. The van der Waals surface area contributed by atoms with E-state index in [0.717, 1.165) is 31.1 Å². The summed E-state index contributed by atoms with van der Waals surface area (Å²) < 4.78 is 11.3. The van der Waals surface area contributed by atoms with Crippen LogP contribution < -0.4 is 5.73 Å². The Balaban J connectivity index is 1.72. The van der Waals surface area contributed by atoms with Gasteiger partial charge in [-0.2, -0.15) is 0 Å². The van der Waals surface area contributed by atoms with E-state index in [9.17, 15) is 9.59 Å². The molecule has 6 heteroatoms. The molecule has 2 aliphatic rings. The van der Waals surface area contributed by atoms with E-state index in [1.807, 2.05) is 24.3 Å². The highest BCUT2D eigenvalue weighted by atomic mass is 16.5. The van der Waals surface area contributed by atoms with Crippen molar-refractivity contribution >= 4 is 22.8 Å². The number of carbonyl (C=O) groups excluding carboxylic acids is 2. The summed E-state index contributed by atoms with van der Waals surface area (Å²) in [5.41, 5.74) is 6.84. The summed E-state index contributed by atoms with van der Waals surface area (Å²) >= 11 is 0. The first-order valence-corrected chi connectivity index (χ1v) is 9.82. The molecule has 1 amide bonds. The molecule has 0 spiro atoms. The van der Waals surface area contributed by atoms with E-state index in [2.05, 4.69) is 4.90 Å². The van der Waals surface area contributed by atoms with Crippen molar-refractivity contribution in [3.05, 3.63) is 35.6 Å². The molecule has 2 N–H and O–H groups in total. The Hall–Kier alpha value is -2.34. The van der Waals surface area contributed by atoms with E-state index in [-0.39, 0.29) is 17.9 Å². The lowest BCUT2D eigenvalue weighted by Crippen LogP contribution is -2.44. The smallest absolute Gasteiger partial charge is 0.342 e. The molecule has 27 heavy (non-hydrogen) atoms. The van der Waals surface area contributed by atoms with Gasteiger partial charge in [0.1, 0.15) is 16.9 Å². The monoisotopic (exact) mass is 370 g/mol. The number of benzene rings is 1. The molecular formula is C21H26N2O4. The number of hydrogen-bond donors (Lipinski definition) is 1. The van der Waals surface area contributed by atoms with E-state index >= 15 is 0 Å². The first-order valence-electron chi connectivity index (χ1n) is 9.82. The Labute approximate surface area is 158 Å². The normalized spacial score (nSPS) is 25.4. The number of esters is 1. The molecule has 0 bridgehead atoms. The SMILES string of the molecule is CCOC(=O)c1c(CN2C(C(N)=O)CC3CCCCC32)oc2ccccc12. The molecular weight excluding hydrogens is 344 g/mol. The van der Waals surface area contributed by atoms with Crippen LogP contribution in [0.3, 0.4) is 0 Å². The van der Waals surface area contributed by atoms with Crippen molar-refractivity contribution in [2.75, 3.05) is 6.61 Å². The first kappa shape index (κ1) is 18.0. The Morgan fingerprint density at radius 1 is 1.26 bits per heavy atom. The van der Waals surface area contributed by atoms with Gasteiger partial charge in [-0.15, -0.1) is 0 Å². The topological polar surface area (TPSA) is 85.8 Å². The average molecular weight is 370 g/mol. The molecule has 1 aliphatic heterocycles. The van der Waals surface area contributed by atoms with E-state index in [0.29, 0.717) is 42.0 Å². The summed E-state index contributed by atoms with van der Waals surface area (Å²) in [6.07, 6.45) is 5.36. The fraction of sp³-hybridized carbons (Fsp3) is 0.524. The minimum Gasteiger partial charge on any atom is -0.462 e. The lowest BCUT2D eigenvalue weighted by molar-refractivity contribution is -0.123. The van der Waals surface area contributed by atoms with Crippen LogP contribution in [0.25, 0.3) is 11.0 Å². The van der Waals surface area contributed by atoms with Crippen LogP contribution in [0.15, 0.2) is 28.7 Å². The number of rotatable bonds is 5. The molecule has 3 unspecified atom stereocenters. The van der Waals surface area contributed by atoms with Crippen LogP contribution in [0.4, 0.5) is 0 Å². The van der Waals surface area contributed by atoms with Gasteiger partial charge in [0.25, 0.3) is 0 Å². The van der Waals surface area contributed by atoms with E-state index in [4.69, 9.17) is 14.9 Å². The molecule has 1 aromatic carbocycles.